The average Bonchev–Trinajstić information content (AvgIpc) is 2.16. The lowest BCUT2D eigenvalue weighted by molar-refractivity contribution is 0.511. The van der Waals surface area contributed by atoms with Crippen LogP contribution in [0.25, 0.3) is 0 Å². The minimum atomic E-state index is 0.171. The molecule has 1 aromatic carbocycles. The summed E-state index contributed by atoms with van der Waals surface area (Å²) in [6, 6.07) is 6.76. The van der Waals surface area contributed by atoms with Crippen LogP contribution in [0.2, 0.25) is 0 Å². The maximum absolute atomic E-state index is 6.18. The summed E-state index contributed by atoms with van der Waals surface area (Å²) >= 11 is 0. The fraction of sp³-hybridized carbons (Fsp3) is 0.538. The Balaban J connectivity index is 3.10. The summed E-state index contributed by atoms with van der Waals surface area (Å²) in [7, 11) is 0. The van der Waals surface area contributed by atoms with Crippen molar-refractivity contribution in [2.24, 2.45) is 11.7 Å². The topological polar surface area (TPSA) is 26.0 Å². The van der Waals surface area contributed by atoms with Gasteiger partial charge in [-0.25, -0.2) is 0 Å². The Hall–Kier alpha value is -0.820. The standard InChI is InChI=1S/C13H21N/c1-5-11-7-6-10(4)8-12(11)13(14)9(2)3/h6-9,13H,5,14H2,1-4H3/t13-/m0/s1. The molecule has 1 rings (SSSR count). The highest BCUT2D eigenvalue weighted by atomic mass is 14.6. The van der Waals surface area contributed by atoms with Crippen molar-refractivity contribution < 1.29 is 0 Å². The van der Waals surface area contributed by atoms with E-state index in [4.69, 9.17) is 5.73 Å². The monoisotopic (exact) mass is 191 g/mol. The summed E-state index contributed by atoms with van der Waals surface area (Å²) in [6.07, 6.45) is 1.07. The van der Waals surface area contributed by atoms with Gasteiger partial charge in [-0.1, -0.05) is 44.5 Å². The van der Waals surface area contributed by atoms with Crippen LogP contribution in [0.1, 0.15) is 43.5 Å². The molecule has 2 N–H and O–H groups in total. The molecule has 0 saturated carbocycles. The van der Waals surface area contributed by atoms with E-state index in [9.17, 15) is 0 Å². The smallest absolute Gasteiger partial charge is 0.0321 e. The second-order valence-electron chi connectivity index (χ2n) is 4.33. The third-order valence-electron chi connectivity index (χ3n) is 2.76. The average molecular weight is 191 g/mol. The molecule has 1 aromatic rings. The van der Waals surface area contributed by atoms with Crippen molar-refractivity contribution in [2.45, 2.75) is 40.2 Å². The van der Waals surface area contributed by atoms with Crippen molar-refractivity contribution in [1.82, 2.24) is 0 Å². The normalized spacial score (nSPS) is 13.3. The van der Waals surface area contributed by atoms with Gasteiger partial charge < -0.3 is 5.73 Å². The van der Waals surface area contributed by atoms with Crippen molar-refractivity contribution in [2.75, 3.05) is 0 Å². The predicted octanol–water partition coefficient (Wildman–Crippen LogP) is 3.21. The van der Waals surface area contributed by atoms with Crippen LogP contribution in [-0.4, -0.2) is 0 Å². The number of nitrogens with two attached hydrogens (primary N) is 1. The van der Waals surface area contributed by atoms with E-state index in [1.165, 1.54) is 16.7 Å². The van der Waals surface area contributed by atoms with Crippen LogP contribution in [0.4, 0.5) is 0 Å². The third-order valence-corrected chi connectivity index (χ3v) is 2.76. The molecule has 1 atom stereocenters. The Bertz CT molecular complexity index is 302. The Morgan fingerprint density at radius 2 is 1.93 bits per heavy atom. The van der Waals surface area contributed by atoms with E-state index in [2.05, 4.69) is 45.9 Å². The lowest BCUT2D eigenvalue weighted by Gasteiger charge is -2.19. The summed E-state index contributed by atoms with van der Waals surface area (Å²) in [5, 5.41) is 0. The first-order valence-corrected chi connectivity index (χ1v) is 5.41. The maximum atomic E-state index is 6.18. The van der Waals surface area contributed by atoms with Gasteiger partial charge in [0.15, 0.2) is 0 Å². The van der Waals surface area contributed by atoms with E-state index < -0.39 is 0 Å². The van der Waals surface area contributed by atoms with Crippen molar-refractivity contribution in [3.63, 3.8) is 0 Å². The number of aryl methyl sites for hydroxylation is 2. The summed E-state index contributed by atoms with van der Waals surface area (Å²) in [4.78, 5) is 0. The van der Waals surface area contributed by atoms with Crippen LogP contribution >= 0.6 is 0 Å². The molecule has 0 fully saturated rings. The summed E-state index contributed by atoms with van der Waals surface area (Å²) in [6.45, 7) is 8.65. The molecule has 1 heteroatoms. The molecule has 0 aromatic heterocycles. The highest BCUT2D eigenvalue weighted by Crippen LogP contribution is 2.24. The molecule has 0 radical (unpaired) electrons. The minimum absolute atomic E-state index is 0.171. The van der Waals surface area contributed by atoms with E-state index in [1.807, 2.05) is 0 Å². The Labute approximate surface area is 87.3 Å². The third kappa shape index (κ3) is 2.36. The van der Waals surface area contributed by atoms with E-state index in [0.717, 1.165) is 6.42 Å². The van der Waals surface area contributed by atoms with Gasteiger partial charge in [0.05, 0.1) is 0 Å². The Morgan fingerprint density at radius 3 is 2.43 bits per heavy atom. The number of benzene rings is 1. The molecule has 0 spiro atoms. The van der Waals surface area contributed by atoms with Gasteiger partial charge in [0, 0.05) is 6.04 Å². The molecule has 0 heterocycles. The molecule has 0 amide bonds. The number of rotatable bonds is 3. The lowest BCUT2D eigenvalue weighted by atomic mass is 9.91. The summed E-state index contributed by atoms with van der Waals surface area (Å²) in [5.74, 6) is 0.502. The molecule has 0 unspecified atom stereocenters. The molecule has 0 bridgehead atoms. The van der Waals surface area contributed by atoms with Gasteiger partial charge in [-0.15, -0.1) is 0 Å². The molecule has 0 saturated heterocycles. The second-order valence-corrected chi connectivity index (χ2v) is 4.33. The quantitative estimate of drug-likeness (QED) is 0.780. The van der Waals surface area contributed by atoms with Crippen LogP contribution in [0, 0.1) is 12.8 Å². The molecule has 0 aliphatic heterocycles. The van der Waals surface area contributed by atoms with Crippen molar-refractivity contribution in [3.05, 3.63) is 34.9 Å². The molecule has 1 nitrogen and oxygen atoms in total. The molecule has 78 valence electrons. The van der Waals surface area contributed by atoms with Crippen LogP contribution in [-0.2, 0) is 6.42 Å². The van der Waals surface area contributed by atoms with E-state index >= 15 is 0 Å². The van der Waals surface area contributed by atoms with E-state index in [-0.39, 0.29) is 6.04 Å². The van der Waals surface area contributed by atoms with Gasteiger partial charge in [-0.2, -0.15) is 0 Å². The predicted molar refractivity (Wildman–Crippen MR) is 62.3 cm³/mol. The van der Waals surface area contributed by atoms with Gasteiger partial charge in [0.25, 0.3) is 0 Å². The lowest BCUT2D eigenvalue weighted by Crippen LogP contribution is -2.18. The van der Waals surface area contributed by atoms with Gasteiger partial charge in [-0.05, 0) is 30.4 Å². The largest absolute Gasteiger partial charge is 0.324 e. The van der Waals surface area contributed by atoms with Gasteiger partial charge in [0.2, 0.25) is 0 Å². The number of hydrogen-bond acceptors (Lipinski definition) is 1. The highest BCUT2D eigenvalue weighted by Gasteiger charge is 2.13. The minimum Gasteiger partial charge on any atom is -0.324 e. The van der Waals surface area contributed by atoms with Crippen LogP contribution < -0.4 is 5.73 Å². The summed E-state index contributed by atoms with van der Waals surface area (Å²) < 4.78 is 0. The fourth-order valence-corrected chi connectivity index (χ4v) is 1.71. The zero-order valence-electron chi connectivity index (χ0n) is 9.67. The molecule has 0 aliphatic rings. The van der Waals surface area contributed by atoms with Crippen LogP contribution in [0.5, 0.6) is 0 Å². The van der Waals surface area contributed by atoms with Gasteiger partial charge in [-0.3, -0.25) is 0 Å². The molecule has 0 aliphatic carbocycles. The second kappa shape index (κ2) is 4.61. The van der Waals surface area contributed by atoms with E-state index in [1.54, 1.807) is 0 Å². The highest BCUT2D eigenvalue weighted by molar-refractivity contribution is 5.34. The first-order valence-electron chi connectivity index (χ1n) is 5.41. The van der Waals surface area contributed by atoms with E-state index in [0.29, 0.717) is 5.92 Å². The summed E-state index contributed by atoms with van der Waals surface area (Å²) in [5.41, 5.74) is 10.2. The van der Waals surface area contributed by atoms with Gasteiger partial charge >= 0.3 is 0 Å². The Kier molecular flexibility index (Phi) is 3.70. The first kappa shape index (κ1) is 11.3. The Morgan fingerprint density at radius 1 is 1.29 bits per heavy atom. The van der Waals surface area contributed by atoms with Crippen molar-refractivity contribution in [3.8, 4) is 0 Å². The molecule has 14 heavy (non-hydrogen) atoms. The zero-order valence-corrected chi connectivity index (χ0v) is 9.67. The fourth-order valence-electron chi connectivity index (χ4n) is 1.71. The maximum Gasteiger partial charge on any atom is 0.0321 e. The van der Waals surface area contributed by atoms with Crippen LogP contribution in [0.3, 0.4) is 0 Å². The van der Waals surface area contributed by atoms with Gasteiger partial charge in [0.1, 0.15) is 0 Å². The molecular formula is C13H21N. The SMILES string of the molecule is CCc1ccc(C)cc1[C@@H](N)C(C)C. The van der Waals surface area contributed by atoms with Crippen LogP contribution in [0.15, 0.2) is 18.2 Å². The zero-order chi connectivity index (χ0) is 10.7. The van der Waals surface area contributed by atoms with Crippen molar-refractivity contribution >= 4 is 0 Å². The first-order chi connectivity index (χ1) is 6.56. The molecular weight excluding hydrogens is 170 g/mol. The van der Waals surface area contributed by atoms with Crippen molar-refractivity contribution in [1.29, 1.82) is 0 Å². The number of hydrogen-bond donors (Lipinski definition) is 1.